The molecule has 3 aromatic rings. The third-order valence-corrected chi connectivity index (χ3v) is 7.33. The van der Waals surface area contributed by atoms with Gasteiger partial charge in [-0.1, -0.05) is 27.2 Å². The molecule has 4 rings (SSSR count). The van der Waals surface area contributed by atoms with Gasteiger partial charge in [0.1, 0.15) is 18.0 Å². The highest BCUT2D eigenvalue weighted by Crippen LogP contribution is 2.36. The fourth-order valence-electron chi connectivity index (χ4n) is 4.75. The number of hydrogen-bond acceptors (Lipinski definition) is 10. The zero-order chi connectivity index (χ0) is 31.5. The van der Waals surface area contributed by atoms with Gasteiger partial charge in [-0.3, -0.25) is 14.9 Å². The molecule has 0 aliphatic carbocycles. The van der Waals surface area contributed by atoms with Crippen LogP contribution < -0.4 is 21.2 Å². The van der Waals surface area contributed by atoms with Crippen molar-refractivity contribution < 1.29 is 18.7 Å². The number of nitrogens with zero attached hydrogens (tertiary/aromatic N) is 4. The van der Waals surface area contributed by atoms with E-state index in [9.17, 15) is 9.18 Å². The van der Waals surface area contributed by atoms with Crippen LogP contribution in [0, 0.1) is 17.1 Å². The topological polar surface area (TPSA) is 153 Å². The van der Waals surface area contributed by atoms with E-state index in [-0.39, 0.29) is 36.3 Å². The summed E-state index contributed by atoms with van der Waals surface area (Å²) in [5, 5.41) is 19.5. The van der Waals surface area contributed by atoms with Crippen LogP contribution in [-0.4, -0.2) is 67.7 Å². The monoisotopic (exact) mass is 584 g/mol. The second-order valence-electron chi connectivity index (χ2n) is 10.7. The number of anilines is 1. The van der Waals surface area contributed by atoms with E-state index in [4.69, 9.17) is 36.3 Å². The molecule has 0 amide bonds. The highest BCUT2D eigenvalue weighted by Gasteiger charge is 2.28. The number of nitrogens with one attached hydrogen (secondary N) is 3. The van der Waals surface area contributed by atoms with Crippen LogP contribution in [0.25, 0.3) is 11.3 Å². The van der Waals surface area contributed by atoms with Crippen LogP contribution in [0.3, 0.4) is 0 Å². The van der Waals surface area contributed by atoms with Crippen molar-refractivity contribution in [3.05, 3.63) is 59.2 Å². The maximum absolute atomic E-state index is 14.5. The molecule has 11 nitrogen and oxygen atoms in total. The second kappa shape index (κ2) is 13.0. The van der Waals surface area contributed by atoms with Gasteiger partial charge in [0.15, 0.2) is 18.3 Å². The average molecular weight is 584 g/mol. The lowest BCUT2D eigenvalue weighted by Gasteiger charge is -2.26. The van der Waals surface area contributed by atoms with E-state index in [0.29, 0.717) is 33.7 Å². The number of carbonyl (C=O) groups is 1. The first-order valence-electron chi connectivity index (χ1n) is 14.0. The molecule has 1 aliphatic rings. The van der Waals surface area contributed by atoms with E-state index in [1.54, 1.807) is 39.4 Å². The van der Waals surface area contributed by atoms with Crippen LogP contribution >= 0.6 is 0 Å². The Hall–Kier alpha value is -4.19. The number of hydrogen-bond donors (Lipinski definition) is 4. The highest BCUT2D eigenvalue weighted by atomic mass is 19.1. The number of halogens is 1. The normalized spacial score (nSPS) is 17.4. The zero-order valence-electron chi connectivity index (χ0n) is 24.9. The molecular weight excluding hydrogens is 549 g/mol. The maximum Gasteiger partial charge on any atom is 0.324 e. The predicted octanol–water partition coefficient (Wildman–Crippen LogP) is 2.98. The molecule has 1 aromatic carbocycles. The summed E-state index contributed by atoms with van der Waals surface area (Å²) in [6.45, 7) is 6.95. The summed E-state index contributed by atoms with van der Waals surface area (Å²) in [7, 11) is 14.2. The van der Waals surface area contributed by atoms with Crippen LogP contribution in [0.4, 0.5) is 10.2 Å². The number of esters is 1. The van der Waals surface area contributed by atoms with Crippen molar-refractivity contribution in [3.63, 3.8) is 0 Å². The van der Waals surface area contributed by atoms with Gasteiger partial charge in [0.05, 0.1) is 39.0 Å². The molecule has 0 fully saturated rings. The lowest BCUT2D eigenvalue weighted by molar-refractivity contribution is -0.145. The van der Waals surface area contributed by atoms with Crippen molar-refractivity contribution in [1.29, 1.82) is 5.41 Å². The Labute approximate surface area is 253 Å². The molecule has 222 valence electrons. The first kappa shape index (κ1) is 31.7. The number of nitrogens with two attached hydrogens (primary N) is 1. The van der Waals surface area contributed by atoms with Gasteiger partial charge in [-0.15, -0.1) is 0 Å². The fraction of sp³-hybridized carbons (Fsp3) is 0.414. The van der Waals surface area contributed by atoms with E-state index in [1.165, 1.54) is 22.9 Å². The van der Waals surface area contributed by atoms with Gasteiger partial charge in [-0.25, -0.2) is 9.37 Å². The van der Waals surface area contributed by atoms with Crippen molar-refractivity contribution in [2.24, 2.45) is 16.8 Å². The number of hydrazone groups is 1. The molecule has 2 unspecified atom stereocenters. The van der Waals surface area contributed by atoms with Crippen molar-refractivity contribution in [3.8, 4) is 17.0 Å². The molecule has 3 heterocycles. The summed E-state index contributed by atoms with van der Waals surface area (Å²) in [5.41, 5.74) is 11.9. The zero-order valence-corrected chi connectivity index (χ0v) is 24.9. The Bertz CT molecular complexity index is 1540. The molecule has 43 heavy (non-hydrogen) atoms. The number of pyridine rings is 1. The van der Waals surface area contributed by atoms with Crippen LogP contribution in [0.5, 0.6) is 5.75 Å². The van der Waals surface area contributed by atoms with Gasteiger partial charge < -0.3 is 25.9 Å². The Morgan fingerprint density at radius 3 is 2.79 bits per heavy atom. The SMILES string of the molecule is [B]C([B])(C)n1ncc2c1-c1cnc(NCOC(=O)C(N)C(C)CC)c(c1)O[C@H](C)c1cc(F)ccc1C(=N)/C(=N\NC)C2. The molecule has 1 aliphatic heterocycles. The summed E-state index contributed by atoms with van der Waals surface area (Å²) in [6, 6.07) is 5.11. The quantitative estimate of drug-likeness (QED) is 0.137. The van der Waals surface area contributed by atoms with E-state index >= 15 is 0 Å². The van der Waals surface area contributed by atoms with Crippen molar-refractivity contribution in [2.75, 3.05) is 19.1 Å². The van der Waals surface area contributed by atoms with Crippen LogP contribution in [0.1, 0.15) is 56.9 Å². The van der Waals surface area contributed by atoms with E-state index < -0.39 is 29.3 Å². The Morgan fingerprint density at radius 1 is 1.37 bits per heavy atom. The smallest absolute Gasteiger partial charge is 0.324 e. The van der Waals surface area contributed by atoms with E-state index in [2.05, 4.69) is 25.9 Å². The second-order valence-corrected chi connectivity index (χ2v) is 10.7. The van der Waals surface area contributed by atoms with Gasteiger partial charge in [-0.2, -0.15) is 10.2 Å². The van der Waals surface area contributed by atoms with E-state index in [1.807, 2.05) is 13.8 Å². The molecule has 0 saturated heterocycles. The first-order valence-corrected chi connectivity index (χ1v) is 14.0. The lowest BCUT2D eigenvalue weighted by Crippen LogP contribution is -2.38. The number of rotatable bonds is 8. The minimum Gasteiger partial charge on any atom is -0.482 e. The molecular formula is C29H35B2FN8O3. The van der Waals surface area contributed by atoms with Crippen molar-refractivity contribution in [1.82, 2.24) is 20.2 Å². The molecule has 0 spiro atoms. The minimum absolute atomic E-state index is 0.0455. The van der Waals surface area contributed by atoms with Gasteiger partial charge in [0.2, 0.25) is 0 Å². The van der Waals surface area contributed by atoms with Gasteiger partial charge in [0, 0.05) is 41.9 Å². The van der Waals surface area contributed by atoms with E-state index in [0.717, 1.165) is 6.42 Å². The average Bonchev–Trinajstić information content (AvgIpc) is 3.40. The highest BCUT2D eigenvalue weighted by molar-refractivity contribution is 6.48. The van der Waals surface area contributed by atoms with Crippen LogP contribution in [0.15, 0.2) is 41.8 Å². The summed E-state index contributed by atoms with van der Waals surface area (Å²) in [5.74, 6) is -0.537. The van der Waals surface area contributed by atoms with Crippen molar-refractivity contribution in [2.45, 2.75) is 58.0 Å². The third kappa shape index (κ3) is 6.90. The molecule has 2 aromatic heterocycles. The fourth-order valence-corrected chi connectivity index (χ4v) is 4.75. The van der Waals surface area contributed by atoms with Gasteiger partial charge >= 0.3 is 5.97 Å². The molecule has 4 radical (unpaired) electrons. The molecule has 14 heteroatoms. The lowest BCUT2D eigenvalue weighted by atomic mass is 9.63. The third-order valence-electron chi connectivity index (χ3n) is 7.33. The predicted molar refractivity (Wildman–Crippen MR) is 165 cm³/mol. The first-order chi connectivity index (χ1) is 20.3. The summed E-state index contributed by atoms with van der Waals surface area (Å²) in [4.78, 5) is 17.0. The number of ether oxygens (including phenoxy) is 2. The maximum atomic E-state index is 14.5. The summed E-state index contributed by atoms with van der Waals surface area (Å²) >= 11 is 0. The Balaban J connectivity index is 1.83. The number of benzene rings is 1. The molecule has 0 saturated carbocycles. The van der Waals surface area contributed by atoms with Crippen molar-refractivity contribution >= 4 is 38.9 Å². The Kier molecular flexibility index (Phi) is 9.59. The number of aromatic nitrogens is 3. The molecule has 2 bridgehead atoms. The summed E-state index contributed by atoms with van der Waals surface area (Å²) < 4.78 is 27.7. The van der Waals surface area contributed by atoms with Crippen LogP contribution in [0.2, 0.25) is 0 Å². The number of carbonyl (C=O) groups excluding carboxylic acids is 1. The molecule has 3 atom stereocenters. The standard InChI is InChI=1S/C29H35B2FN8O3/c1-6-15(2)24(33)28(41)42-14-37-27-23-10-18(12-36-27)26-17(13-38-40(26)29(4,30)31)9-22(39-35-5)25(34)20-8-7-19(32)11-21(20)16(3)43-23/h7-8,10-13,15-16,24,34-35H,6,9,14,33H2,1-5H3,(H,36,37)/b34-25?,39-22-/t15?,16-,24?/m1/s1. The van der Waals surface area contributed by atoms with Gasteiger partial charge in [0.25, 0.3) is 0 Å². The van der Waals surface area contributed by atoms with Crippen LogP contribution in [-0.2, 0) is 21.3 Å². The number of fused-ring (bicyclic) bond motifs is 5. The Morgan fingerprint density at radius 2 is 2.12 bits per heavy atom. The minimum atomic E-state index is -1.38. The summed E-state index contributed by atoms with van der Waals surface area (Å²) in [6.07, 6.45) is 3.36. The largest absolute Gasteiger partial charge is 0.482 e. The van der Waals surface area contributed by atoms with Gasteiger partial charge in [-0.05, 0) is 42.4 Å². The molecule has 5 N–H and O–H groups in total.